The first-order chi connectivity index (χ1) is 17.5. The number of ether oxygens (including phenoxy) is 1. The number of H-pyrrole nitrogens is 1. The van der Waals surface area contributed by atoms with Gasteiger partial charge in [-0.15, -0.1) is 0 Å². The van der Waals surface area contributed by atoms with Crippen molar-refractivity contribution >= 4 is 11.8 Å². The highest BCUT2D eigenvalue weighted by Gasteiger charge is 2.35. The standard InChI is InChI=1S/C28H34N4O4/c1-31(27(33)25-11-6-16-36-25)24(18-19-7-5-8-21(17-19)35-2)20-12-14-32(15-13-20)28(34)26-22-9-3-4-10-23(22)29-30-26/h5-8,11,16-17,20,24H,3-4,9-10,12-15,18H2,1-2H3,(H,29,30). The molecule has 0 radical (unpaired) electrons. The predicted molar refractivity (Wildman–Crippen MR) is 135 cm³/mol. The predicted octanol–water partition coefficient (Wildman–Crippen LogP) is 4.13. The van der Waals surface area contributed by atoms with Crippen LogP contribution in [0.15, 0.2) is 47.1 Å². The Kier molecular flexibility index (Phi) is 7.11. The molecule has 5 rings (SSSR count). The molecule has 8 nitrogen and oxygen atoms in total. The van der Waals surface area contributed by atoms with Gasteiger partial charge in [-0.3, -0.25) is 14.7 Å². The van der Waals surface area contributed by atoms with Crippen LogP contribution in [0.3, 0.4) is 0 Å². The maximum absolute atomic E-state index is 13.3. The number of benzene rings is 1. The number of amides is 2. The summed E-state index contributed by atoms with van der Waals surface area (Å²) in [7, 11) is 3.51. The van der Waals surface area contributed by atoms with E-state index in [1.54, 1.807) is 19.2 Å². The number of hydrogen-bond donors (Lipinski definition) is 1. The van der Waals surface area contributed by atoms with Gasteiger partial charge in [0, 0.05) is 37.4 Å². The molecular weight excluding hydrogens is 456 g/mol. The van der Waals surface area contributed by atoms with Crippen molar-refractivity contribution in [2.45, 2.75) is 51.0 Å². The van der Waals surface area contributed by atoms with E-state index in [1.807, 2.05) is 35.0 Å². The lowest BCUT2D eigenvalue weighted by molar-refractivity contribution is 0.0502. The molecule has 1 fully saturated rings. The maximum atomic E-state index is 13.3. The van der Waals surface area contributed by atoms with Crippen molar-refractivity contribution in [2.24, 2.45) is 5.92 Å². The quantitative estimate of drug-likeness (QED) is 0.538. The van der Waals surface area contributed by atoms with Crippen molar-refractivity contribution < 1.29 is 18.7 Å². The van der Waals surface area contributed by atoms with Gasteiger partial charge in [-0.2, -0.15) is 5.10 Å². The maximum Gasteiger partial charge on any atom is 0.289 e. The van der Waals surface area contributed by atoms with E-state index in [1.165, 1.54) is 6.26 Å². The van der Waals surface area contributed by atoms with Gasteiger partial charge in [0.15, 0.2) is 11.5 Å². The molecule has 3 aromatic rings. The lowest BCUT2D eigenvalue weighted by Gasteiger charge is -2.40. The van der Waals surface area contributed by atoms with Crippen LogP contribution in [0.25, 0.3) is 0 Å². The molecule has 1 atom stereocenters. The van der Waals surface area contributed by atoms with Crippen molar-refractivity contribution in [3.05, 3.63) is 70.9 Å². The highest BCUT2D eigenvalue weighted by atomic mass is 16.5. The van der Waals surface area contributed by atoms with Crippen molar-refractivity contribution in [3.8, 4) is 5.75 Å². The Bertz CT molecular complexity index is 1190. The Labute approximate surface area is 211 Å². The fourth-order valence-corrected chi connectivity index (χ4v) is 5.68. The van der Waals surface area contributed by atoms with Crippen molar-refractivity contribution in [1.82, 2.24) is 20.0 Å². The average Bonchev–Trinajstić information content (AvgIpc) is 3.61. The third-order valence-corrected chi connectivity index (χ3v) is 7.76. The number of methoxy groups -OCH3 is 1. The molecule has 36 heavy (non-hydrogen) atoms. The number of nitrogens with zero attached hydrogens (tertiary/aromatic N) is 3. The molecule has 2 amide bonds. The number of rotatable bonds is 7. The second kappa shape index (κ2) is 10.6. The van der Waals surface area contributed by atoms with E-state index < -0.39 is 0 Å². The van der Waals surface area contributed by atoms with Gasteiger partial charge in [-0.25, -0.2) is 0 Å². The Morgan fingerprint density at radius 2 is 2.00 bits per heavy atom. The fraction of sp³-hybridized carbons (Fsp3) is 0.464. The van der Waals surface area contributed by atoms with Gasteiger partial charge in [0.25, 0.3) is 11.8 Å². The van der Waals surface area contributed by atoms with Crippen LogP contribution in [0.5, 0.6) is 5.75 Å². The average molecular weight is 491 g/mol. The Balaban J connectivity index is 1.31. The highest BCUT2D eigenvalue weighted by molar-refractivity contribution is 5.94. The summed E-state index contributed by atoms with van der Waals surface area (Å²) in [5.74, 6) is 1.28. The number of hydrogen-bond acceptors (Lipinski definition) is 5. The first-order valence-corrected chi connectivity index (χ1v) is 12.8. The van der Waals surface area contributed by atoms with E-state index >= 15 is 0 Å². The number of carbonyl (C=O) groups is 2. The summed E-state index contributed by atoms with van der Waals surface area (Å²) in [6.07, 6.45) is 8.02. The summed E-state index contributed by atoms with van der Waals surface area (Å²) in [5, 5.41) is 7.48. The van der Waals surface area contributed by atoms with Crippen LogP contribution >= 0.6 is 0 Å². The molecule has 1 unspecified atom stereocenters. The lowest BCUT2D eigenvalue weighted by atomic mass is 9.84. The second-order valence-corrected chi connectivity index (χ2v) is 9.88. The van der Waals surface area contributed by atoms with Crippen LogP contribution in [-0.2, 0) is 19.3 Å². The second-order valence-electron chi connectivity index (χ2n) is 9.88. The van der Waals surface area contributed by atoms with Gasteiger partial charge in [-0.1, -0.05) is 12.1 Å². The normalized spacial score (nSPS) is 16.9. The van der Waals surface area contributed by atoms with Crippen molar-refractivity contribution in [2.75, 3.05) is 27.2 Å². The number of fused-ring (bicyclic) bond motifs is 1. The SMILES string of the molecule is COc1cccc(CC(C2CCN(C(=O)c3n[nH]c4c3CCCC4)CC2)N(C)C(=O)c2ccco2)c1. The molecule has 1 saturated heterocycles. The van der Waals surface area contributed by atoms with Crippen molar-refractivity contribution in [1.29, 1.82) is 0 Å². The molecule has 1 N–H and O–H groups in total. The van der Waals surface area contributed by atoms with Gasteiger partial charge in [0.2, 0.25) is 0 Å². The van der Waals surface area contributed by atoms with Crippen LogP contribution in [0.2, 0.25) is 0 Å². The summed E-state index contributed by atoms with van der Waals surface area (Å²) in [6.45, 7) is 1.31. The van der Waals surface area contributed by atoms with Crippen LogP contribution < -0.4 is 4.74 Å². The first kappa shape index (κ1) is 24.2. The molecule has 1 aliphatic heterocycles. The number of aromatic amines is 1. The molecule has 0 saturated carbocycles. The number of piperidine rings is 1. The number of likely N-dealkylation sites (tertiary alicyclic amines) is 1. The van der Waals surface area contributed by atoms with E-state index in [0.29, 0.717) is 31.0 Å². The number of nitrogens with one attached hydrogen (secondary N) is 1. The summed E-state index contributed by atoms with van der Waals surface area (Å²) in [5.41, 5.74) is 3.94. The third-order valence-electron chi connectivity index (χ3n) is 7.76. The molecular formula is C28H34N4O4. The topological polar surface area (TPSA) is 91.7 Å². The van der Waals surface area contributed by atoms with E-state index in [2.05, 4.69) is 16.3 Å². The van der Waals surface area contributed by atoms with Gasteiger partial charge in [-0.05, 0) is 80.7 Å². The molecule has 190 valence electrons. The zero-order valence-corrected chi connectivity index (χ0v) is 21.0. The number of aryl methyl sites for hydroxylation is 1. The zero-order valence-electron chi connectivity index (χ0n) is 21.0. The summed E-state index contributed by atoms with van der Waals surface area (Å²) >= 11 is 0. The van der Waals surface area contributed by atoms with Gasteiger partial charge < -0.3 is 19.0 Å². The minimum atomic E-state index is -0.130. The van der Waals surface area contributed by atoms with Crippen LogP contribution in [-0.4, -0.2) is 65.1 Å². The van der Waals surface area contributed by atoms with Crippen molar-refractivity contribution in [3.63, 3.8) is 0 Å². The summed E-state index contributed by atoms with van der Waals surface area (Å²) < 4.78 is 10.8. The van der Waals surface area contributed by atoms with Crippen LogP contribution in [0, 0.1) is 5.92 Å². The number of likely N-dealkylation sites (N-methyl/N-ethyl adjacent to an activating group) is 1. The van der Waals surface area contributed by atoms with Crippen LogP contribution in [0.4, 0.5) is 0 Å². The first-order valence-electron chi connectivity index (χ1n) is 12.8. The van der Waals surface area contributed by atoms with Gasteiger partial charge >= 0.3 is 0 Å². The van der Waals surface area contributed by atoms with Gasteiger partial charge in [0.05, 0.1) is 13.4 Å². The number of carbonyl (C=O) groups excluding carboxylic acids is 2. The minimum Gasteiger partial charge on any atom is -0.497 e. The largest absolute Gasteiger partial charge is 0.497 e. The zero-order chi connectivity index (χ0) is 25.1. The Morgan fingerprint density at radius 1 is 1.19 bits per heavy atom. The monoisotopic (exact) mass is 490 g/mol. The Hall–Kier alpha value is -3.55. The molecule has 0 spiro atoms. The molecule has 2 aliphatic rings. The fourth-order valence-electron chi connectivity index (χ4n) is 5.68. The smallest absolute Gasteiger partial charge is 0.289 e. The van der Waals surface area contributed by atoms with E-state index in [9.17, 15) is 9.59 Å². The highest BCUT2D eigenvalue weighted by Crippen LogP contribution is 2.30. The number of furan rings is 1. The lowest BCUT2D eigenvalue weighted by Crippen LogP contribution is -2.48. The van der Waals surface area contributed by atoms with Gasteiger partial charge in [0.1, 0.15) is 5.75 Å². The molecule has 1 aliphatic carbocycles. The Morgan fingerprint density at radius 3 is 2.75 bits per heavy atom. The van der Waals surface area contributed by atoms with E-state index in [4.69, 9.17) is 9.15 Å². The summed E-state index contributed by atoms with van der Waals surface area (Å²) in [4.78, 5) is 30.3. The third kappa shape index (κ3) is 4.90. The molecule has 0 bridgehead atoms. The molecule has 1 aromatic carbocycles. The summed E-state index contributed by atoms with van der Waals surface area (Å²) in [6, 6.07) is 11.4. The van der Waals surface area contributed by atoms with Crippen LogP contribution in [0.1, 0.15) is 63.5 Å². The molecule has 8 heteroatoms. The molecule has 3 heterocycles. The van der Waals surface area contributed by atoms with E-state index in [0.717, 1.165) is 61.1 Å². The van der Waals surface area contributed by atoms with E-state index in [-0.39, 0.29) is 23.8 Å². The minimum absolute atomic E-state index is 0.0252. The number of aromatic nitrogens is 2. The molecule has 2 aromatic heterocycles.